The maximum Gasteiger partial charge on any atom is 0.530 e. The van der Waals surface area contributed by atoms with Crippen molar-refractivity contribution in [3.63, 3.8) is 0 Å². The summed E-state index contributed by atoms with van der Waals surface area (Å²) in [6, 6.07) is 19.4. The first kappa shape index (κ1) is 51.6. The summed E-state index contributed by atoms with van der Waals surface area (Å²) in [5, 5.41) is 25.4. The number of benzene rings is 2. The van der Waals surface area contributed by atoms with Crippen molar-refractivity contribution in [3.05, 3.63) is 87.8 Å². The molecule has 17 heteroatoms. The molecule has 0 amide bonds. The SMILES string of the molecule is CCCCCCCCCCCCCCCCCC[C@@H](COP(=O)(OC[C@@]1(C#N)O[C@@H](c2ccc3c(N)ncnn23)[C@@H]2OC(C)(C)O[C@@H]21)Oc1ccccc1Cl)OCc1cc(Cl)cc(C#N)c1. The highest BCUT2D eigenvalue weighted by Crippen LogP contribution is 2.55. The molecule has 2 fully saturated rings. The normalized spacial score (nSPS) is 21.3. The van der Waals surface area contributed by atoms with Gasteiger partial charge in [0.15, 0.2) is 11.6 Å². The Kier molecular flexibility index (Phi) is 19.5. The van der Waals surface area contributed by atoms with Crippen LogP contribution < -0.4 is 10.3 Å². The minimum Gasteiger partial charge on any atom is -0.402 e. The van der Waals surface area contributed by atoms with Crippen LogP contribution in [0.15, 0.2) is 60.9 Å². The number of ether oxygens (including phenoxy) is 4. The maximum atomic E-state index is 14.9. The Morgan fingerprint density at radius 3 is 2.18 bits per heavy atom. The van der Waals surface area contributed by atoms with Gasteiger partial charge in [-0.3, -0.25) is 9.05 Å². The Balaban J connectivity index is 1.11. The van der Waals surface area contributed by atoms with Crippen LogP contribution >= 0.6 is 31.0 Å². The Labute approximate surface area is 399 Å². The number of nitrogen functional groups attached to an aromatic ring is 1. The van der Waals surface area contributed by atoms with Gasteiger partial charge in [-0.15, -0.1) is 0 Å². The first-order chi connectivity index (χ1) is 31.9. The molecule has 358 valence electrons. The lowest BCUT2D eigenvalue weighted by Crippen LogP contribution is -2.46. The monoisotopic (exact) mass is 966 g/mol. The van der Waals surface area contributed by atoms with E-state index in [0.717, 1.165) is 25.7 Å². The fourth-order valence-electron chi connectivity index (χ4n) is 8.61. The van der Waals surface area contributed by atoms with Crippen LogP contribution in [0.2, 0.25) is 10.0 Å². The molecular formula is C49H65Cl2N6O8P. The summed E-state index contributed by atoms with van der Waals surface area (Å²) >= 11 is 12.8. The molecule has 1 unspecified atom stereocenters. The second-order valence-electron chi connectivity index (χ2n) is 17.8. The second-order valence-corrected chi connectivity index (χ2v) is 20.2. The Morgan fingerprint density at radius 1 is 0.864 bits per heavy atom. The molecule has 2 N–H and O–H groups in total. The lowest BCUT2D eigenvalue weighted by Gasteiger charge is -2.30. The van der Waals surface area contributed by atoms with Crippen molar-refractivity contribution >= 4 is 42.4 Å². The van der Waals surface area contributed by atoms with E-state index in [1.165, 1.54) is 89.4 Å². The molecule has 2 saturated heterocycles. The molecule has 0 aliphatic carbocycles. The number of phosphoric acid groups is 1. The number of nitrogens with zero attached hydrogens (tertiary/aromatic N) is 5. The van der Waals surface area contributed by atoms with Crippen molar-refractivity contribution in [3.8, 4) is 17.9 Å². The standard InChI is InChI=1S/C49H65Cl2N6O8P/c1-4-5-6-7-8-9-10-11-12-13-14-15-16-17-18-19-22-39(59-31-37-27-36(30-52)28-38(50)29-37)32-60-66(58,65-43-24-21-20-23-40(43)51)61-34-49(33-53)46-45(62-48(2,3)64-46)44(63-49)41-25-26-42-47(54)55-35-56-57(41)42/h20-21,23-29,35,39,44-46H,4-19,22,31-32,34H2,1-3H3,(H2,54,55,56)/t39-,44-,45-,46-,49+,66?/m0/s1. The molecule has 4 aromatic rings. The highest BCUT2D eigenvalue weighted by molar-refractivity contribution is 7.49. The summed E-state index contributed by atoms with van der Waals surface area (Å²) in [4.78, 5) is 4.08. The summed E-state index contributed by atoms with van der Waals surface area (Å²) in [6.07, 6.45) is 18.6. The van der Waals surface area contributed by atoms with Crippen LogP contribution in [0.25, 0.3) is 5.52 Å². The molecule has 0 spiro atoms. The quantitative estimate of drug-likeness (QED) is 0.0401. The maximum absolute atomic E-state index is 14.9. The van der Waals surface area contributed by atoms with Crippen LogP contribution in [-0.4, -0.2) is 57.5 Å². The molecule has 2 aliphatic heterocycles. The highest BCUT2D eigenvalue weighted by Gasteiger charge is 2.65. The van der Waals surface area contributed by atoms with Gasteiger partial charge < -0.3 is 29.2 Å². The van der Waals surface area contributed by atoms with E-state index in [-0.39, 0.29) is 29.8 Å². The number of aromatic nitrogens is 3. The molecule has 2 aromatic carbocycles. The number of para-hydroxylation sites is 1. The zero-order valence-electron chi connectivity index (χ0n) is 38.5. The van der Waals surface area contributed by atoms with E-state index >= 15 is 0 Å². The third-order valence-electron chi connectivity index (χ3n) is 12.1. The summed E-state index contributed by atoms with van der Waals surface area (Å²) in [7, 11) is -4.62. The zero-order valence-corrected chi connectivity index (χ0v) is 40.9. The van der Waals surface area contributed by atoms with E-state index in [2.05, 4.69) is 29.1 Å². The average molecular weight is 968 g/mol. The largest absolute Gasteiger partial charge is 0.530 e. The number of nitrogens with two attached hydrogens (primary N) is 1. The van der Waals surface area contributed by atoms with Gasteiger partial charge in [0.05, 0.1) is 41.7 Å². The third kappa shape index (κ3) is 14.4. The molecule has 0 bridgehead atoms. The van der Waals surface area contributed by atoms with Crippen molar-refractivity contribution in [2.45, 2.75) is 172 Å². The van der Waals surface area contributed by atoms with Crippen LogP contribution in [-0.2, 0) is 39.2 Å². The summed E-state index contributed by atoms with van der Waals surface area (Å²) in [5.74, 6) is -0.799. The van der Waals surface area contributed by atoms with E-state index < -0.39 is 50.2 Å². The molecule has 14 nitrogen and oxygen atoms in total. The van der Waals surface area contributed by atoms with E-state index in [9.17, 15) is 15.1 Å². The van der Waals surface area contributed by atoms with Crippen molar-refractivity contribution in [2.24, 2.45) is 0 Å². The van der Waals surface area contributed by atoms with E-state index in [1.807, 2.05) is 0 Å². The number of fused-ring (bicyclic) bond motifs is 2. The molecule has 0 saturated carbocycles. The number of nitriles is 2. The fourth-order valence-corrected chi connectivity index (χ4v) is 10.4. The topological polar surface area (TPSA) is 185 Å². The molecule has 0 radical (unpaired) electrons. The number of anilines is 1. The lowest BCUT2D eigenvalue weighted by molar-refractivity contribution is -0.204. The number of unbranched alkanes of at least 4 members (excludes halogenated alkanes) is 15. The number of halogens is 2. The summed E-state index contributed by atoms with van der Waals surface area (Å²) in [5.41, 5.74) is 6.46. The van der Waals surface area contributed by atoms with Gasteiger partial charge in [-0.05, 0) is 68.3 Å². The lowest BCUT2D eigenvalue weighted by atomic mass is 9.96. The van der Waals surface area contributed by atoms with Gasteiger partial charge in [0.2, 0.25) is 5.60 Å². The molecular weight excluding hydrogens is 902 g/mol. The van der Waals surface area contributed by atoms with E-state index in [4.69, 9.17) is 61.5 Å². The minimum absolute atomic E-state index is 0.0494. The molecule has 4 heterocycles. The molecule has 2 aromatic heterocycles. The predicted molar refractivity (Wildman–Crippen MR) is 254 cm³/mol. The van der Waals surface area contributed by atoms with Gasteiger partial charge in [-0.1, -0.05) is 145 Å². The van der Waals surface area contributed by atoms with Crippen molar-refractivity contribution in [1.82, 2.24) is 14.6 Å². The number of phosphoric ester groups is 1. The van der Waals surface area contributed by atoms with Crippen LogP contribution in [0.1, 0.15) is 153 Å². The molecule has 66 heavy (non-hydrogen) atoms. The van der Waals surface area contributed by atoms with Crippen LogP contribution in [0.3, 0.4) is 0 Å². The summed E-state index contributed by atoms with van der Waals surface area (Å²) < 4.78 is 60.3. The van der Waals surface area contributed by atoms with Gasteiger partial charge >= 0.3 is 7.82 Å². The highest BCUT2D eigenvalue weighted by atomic mass is 35.5. The van der Waals surface area contributed by atoms with E-state index in [1.54, 1.807) is 66.9 Å². The van der Waals surface area contributed by atoms with Crippen molar-refractivity contribution < 1.29 is 37.1 Å². The Bertz CT molecular complexity index is 2300. The van der Waals surface area contributed by atoms with Gasteiger partial charge in [0.25, 0.3) is 0 Å². The van der Waals surface area contributed by atoms with Gasteiger partial charge in [0.1, 0.15) is 48.6 Å². The van der Waals surface area contributed by atoms with Crippen LogP contribution in [0.5, 0.6) is 5.75 Å². The van der Waals surface area contributed by atoms with Crippen molar-refractivity contribution in [1.29, 1.82) is 10.5 Å². The average Bonchev–Trinajstić information content (AvgIpc) is 3.97. The number of rotatable bonds is 29. The second kappa shape index (κ2) is 25.0. The first-order valence-corrected chi connectivity index (χ1v) is 25.8. The van der Waals surface area contributed by atoms with Gasteiger partial charge in [-0.25, -0.2) is 14.1 Å². The molecule has 6 atom stereocenters. The fraction of sp³-hybridized carbons (Fsp3) is 0.592. The van der Waals surface area contributed by atoms with Crippen LogP contribution in [0, 0.1) is 22.7 Å². The van der Waals surface area contributed by atoms with Crippen molar-refractivity contribution in [2.75, 3.05) is 18.9 Å². The summed E-state index contributed by atoms with van der Waals surface area (Å²) in [6.45, 7) is 5.04. The Hall–Kier alpha value is -3.79. The Morgan fingerprint density at radius 2 is 1.53 bits per heavy atom. The minimum atomic E-state index is -4.62. The van der Waals surface area contributed by atoms with Gasteiger partial charge in [0, 0.05) is 5.02 Å². The van der Waals surface area contributed by atoms with E-state index in [0.29, 0.717) is 33.8 Å². The number of hydrogen-bond donors (Lipinski definition) is 1. The van der Waals surface area contributed by atoms with Crippen LogP contribution in [0.4, 0.5) is 5.82 Å². The molecule has 6 rings (SSSR count). The smallest absolute Gasteiger partial charge is 0.402 e. The number of hydrogen-bond acceptors (Lipinski definition) is 13. The predicted octanol–water partition coefficient (Wildman–Crippen LogP) is 12.8. The zero-order chi connectivity index (χ0) is 47.0. The third-order valence-corrected chi connectivity index (χ3v) is 13.9. The molecule has 2 aliphatic rings. The first-order valence-electron chi connectivity index (χ1n) is 23.6. The van der Waals surface area contributed by atoms with Gasteiger partial charge in [-0.2, -0.15) is 15.6 Å².